The topological polar surface area (TPSA) is 61.2 Å². The van der Waals surface area contributed by atoms with Crippen molar-refractivity contribution in [3.8, 4) is 0 Å². The molecule has 3 heterocycles. The lowest BCUT2D eigenvalue weighted by Crippen LogP contribution is -2.30. The molecule has 0 amide bonds. The number of alkyl halides is 2. The first-order valence-electron chi connectivity index (χ1n) is 8.75. The summed E-state index contributed by atoms with van der Waals surface area (Å²) in [6.07, 6.45) is 0.339. The highest BCUT2D eigenvalue weighted by Gasteiger charge is 2.66. The van der Waals surface area contributed by atoms with Crippen LogP contribution in [0.2, 0.25) is 5.15 Å². The molecule has 5 rings (SSSR count). The molecular formula is C17H19ClF2N4O2. The second-order valence-corrected chi connectivity index (χ2v) is 8.09. The van der Waals surface area contributed by atoms with Crippen LogP contribution in [0.25, 0.3) is 11.2 Å². The van der Waals surface area contributed by atoms with Crippen LogP contribution in [0.3, 0.4) is 0 Å². The highest BCUT2D eigenvalue weighted by atomic mass is 35.5. The second-order valence-electron chi connectivity index (χ2n) is 7.71. The molecule has 1 N–H and O–H groups in total. The maximum atomic E-state index is 12.6. The quantitative estimate of drug-likeness (QED) is 0.818. The Hall–Kier alpha value is -1.51. The zero-order valence-electron chi connectivity index (χ0n) is 14.3. The summed E-state index contributed by atoms with van der Waals surface area (Å²) in [5.74, 6) is 0.337. The summed E-state index contributed by atoms with van der Waals surface area (Å²) in [4.78, 5) is 8.84. The monoisotopic (exact) mass is 384 g/mol. The van der Waals surface area contributed by atoms with Crippen LogP contribution in [-0.2, 0) is 9.47 Å². The molecule has 6 nitrogen and oxygen atoms in total. The molecule has 5 atom stereocenters. The summed E-state index contributed by atoms with van der Waals surface area (Å²) in [6.45, 7) is 3.38. The zero-order valence-corrected chi connectivity index (χ0v) is 15.1. The third kappa shape index (κ3) is 2.50. The van der Waals surface area contributed by atoms with E-state index in [1.165, 1.54) is 6.07 Å². The molecule has 2 aromatic rings. The Morgan fingerprint density at radius 2 is 2.12 bits per heavy atom. The Morgan fingerprint density at radius 1 is 1.35 bits per heavy atom. The number of nitrogens with zero attached hydrogens (tertiary/aromatic N) is 3. The van der Waals surface area contributed by atoms with Crippen molar-refractivity contribution in [3.05, 3.63) is 17.5 Å². The van der Waals surface area contributed by atoms with Gasteiger partial charge in [-0.25, -0.2) is 18.7 Å². The smallest absolute Gasteiger partial charge is 0.255 e. The molecule has 0 unspecified atom stereocenters. The fourth-order valence-corrected chi connectivity index (χ4v) is 4.73. The number of halogens is 3. The van der Waals surface area contributed by atoms with Crippen molar-refractivity contribution in [2.24, 2.45) is 11.8 Å². The molecule has 1 aliphatic heterocycles. The number of ether oxygens (including phenoxy) is 2. The van der Waals surface area contributed by atoms with Crippen LogP contribution >= 0.6 is 11.6 Å². The highest BCUT2D eigenvalue weighted by molar-refractivity contribution is 6.30. The normalized spacial score (nSPS) is 34.3. The van der Waals surface area contributed by atoms with Crippen molar-refractivity contribution >= 4 is 28.5 Å². The number of hydrogen-bond acceptors (Lipinski definition) is 5. The third-order valence-electron chi connectivity index (χ3n) is 5.52. The lowest BCUT2D eigenvalue weighted by molar-refractivity contribution is -0.156. The molecule has 3 aliphatic rings. The second kappa shape index (κ2) is 5.50. The summed E-state index contributed by atoms with van der Waals surface area (Å²) in [7, 11) is 0. The van der Waals surface area contributed by atoms with Crippen LogP contribution in [0.1, 0.15) is 26.3 Å². The van der Waals surface area contributed by atoms with E-state index in [0.29, 0.717) is 28.7 Å². The molecule has 0 bridgehead atoms. The van der Waals surface area contributed by atoms with Crippen molar-refractivity contribution in [2.45, 2.75) is 50.7 Å². The molecule has 26 heavy (non-hydrogen) atoms. The van der Waals surface area contributed by atoms with Gasteiger partial charge in [0.05, 0.1) is 30.7 Å². The first kappa shape index (κ1) is 16.6. The van der Waals surface area contributed by atoms with Gasteiger partial charge in [0, 0.05) is 6.07 Å². The molecule has 3 fully saturated rings. The van der Waals surface area contributed by atoms with Crippen molar-refractivity contribution in [1.82, 2.24) is 14.5 Å². The molecule has 2 saturated carbocycles. The Balaban J connectivity index is 1.54. The SMILES string of the molecule is CC1(C)O[C@@H]2[C@@H]3C[C@@H]3[C@@H](n3cnc4c(NCC(F)F)cc(Cl)nc43)[C@@H]2O1. The number of imidazole rings is 1. The van der Waals surface area contributed by atoms with E-state index in [1.54, 1.807) is 6.33 Å². The number of nitrogens with one attached hydrogen (secondary N) is 1. The van der Waals surface area contributed by atoms with Gasteiger partial charge in [-0.1, -0.05) is 11.6 Å². The van der Waals surface area contributed by atoms with Gasteiger partial charge in [-0.15, -0.1) is 0 Å². The van der Waals surface area contributed by atoms with E-state index >= 15 is 0 Å². The minimum atomic E-state index is -2.46. The van der Waals surface area contributed by atoms with Gasteiger partial charge in [0.25, 0.3) is 6.43 Å². The minimum absolute atomic E-state index is 0.0608. The molecule has 2 aliphatic carbocycles. The van der Waals surface area contributed by atoms with E-state index in [9.17, 15) is 8.78 Å². The van der Waals surface area contributed by atoms with Gasteiger partial charge in [0.15, 0.2) is 11.4 Å². The van der Waals surface area contributed by atoms with Crippen LogP contribution in [0.15, 0.2) is 12.4 Å². The lowest BCUT2D eigenvalue weighted by atomic mass is 10.1. The third-order valence-corrected chi connectivity index (χ3v) is 5.71. The largest absolute Gasteiger partial charge is 0.377 e. The van der Waals surface area contributed by atoms with Gasteiger partial charge in [0.1, 0.15) is 16.8 Å². The Kier molecular flexibility index (Phi) is 3.52. The molecule has 9 heteroatoms. The van der Waals surface area contributed by atoms with Crippen LogP contribution in [-0.4, -0.2) is 45.5 Å². The number of rotatable bonds is 4. The average molecular weight is 385 g/mol. The van der Waals surface area contributed by atoms with Gasteiger partial charge in [-0.2, -0.15) is 0 Å². The predicted octanol–water partition coefficient (Wildman–Crippen LogP) is 3.47. The van der Waals surface area contributed by atoms with Crippen LogP contribution in [0, 0.1) is 11.8 Å². The van der Waals surface area contributed by atoms with Gasteiger partial charge >= 0.3 is 0 Å². The van der Waals surface area contributed by atoms with Crippen LogP contribution in [0.5, 0.6) is 0 Å². The number of hydrogen-bond donors (Lipinski definition) is 1. The van der Waals surface area contributed by atoms with E-state index in [2.05, 4.69) is 15.3 Å². The van der Waals surface area contributed by atoms with Crippen molar-refractivity contribution in [1.29, 1.82) is 0 Å². The summed E-state index contributed by atoms with van der Waals surface area (Å²) in [6, 6.07) is 1.59. The molecule has 1 saturated heterocycles. The van der Waals surface area contributed by atoms with Crippen LogP contribution < -0.4 is 5.32 Å². The fraction of sp³-hybridized carbons (Fsp3) is 0.647. The first-order valence-corrected chi connectivity index (χ1v) is 9.12. The lowest BCUT2D eigenvalue weighted by Gasteiger charge is -2.24. The van der Waals surface area contributed by atoms with E-state index < -0.39 is 18.8 Å². The standard InChI is InChI=1S/C17H19ClF2N4O2/c1-17(2)25-14-8-3-7(8)13(15(14)26-17)24-6-22-12-9(21-5-11(19)20)4-10(18)23-16(12)24/h4,6-8,11,13-15H,3,5H2,1-2H3,(H,21,23)/t7-,8+,13+,14+,15-/m0/s1. The van der Waals surface area contributed by atoms with Gasteiger partial charge in [-0.3, -0.25) is 0 Å². The predicted molar refractivity (Wildman–Crippen MR) is 91.5 cm³/mol. The Labute approximate surface area is 153 Å². The summed E-state index contributed by atoms with van der Waals surface area (Å²) in [5.41, 5.74) is 1.58. The molecule has 0 spiro atoms. The van der Waals surface area contributed by atoms with E-state index in [0.717, 1.165) is 6.42 Å². The summed E-state index contributed by atoms with van der Waals surface area (Å²) in [5, 5.41) is 2.94. The highest BCUT2D eigenvalue weighted by Crippen LogP contribution is 2.63. The van der Waals surface area contributed by atoms with E-state index in [1.807, 2.05) is 18.4 Å². The minimum Gasteiger partial charge on any atom is -0.377 e. The Morgan fingerprint density at radius 3 is 2.88 bits per heavy atom. The van der Waals surface area contributed by atoms with E-state index in [4.69, 9.17) is 21.1 Å². The van der Waals surface area contributed by atoms with Gasteiger partial charge in [0.2, 0.25) is 0 Å². The van der Waals surface area contributed by atoms with Gasteiger partial charge < -0.3 is 19.4 Å². The molecule has 0 radical (unpaired) electrons. The summed E-state index contributed by atoms with van der Waals surface area (Å²) >= 11 is 6.14. The van der Waals surface area contributed by atoms with Gasteiger partial charge in [-0.05, 0) is 32.1 Å². The number of fused-ring (bicyclic) bond motifs is 4. The molecule has 2 aromatic heterocycles. The Bertz CT molecular complexity index is 874. The number of anilines is 1. The number of aromatic nitrogens is 3. The van der Waals surface area contributed by atoms with Crippen LogP contribution in [0.4, 0.5) is 14.5 Å². The molecule has 0 aromatic carbocycles. The van der Waals surface area contributed by atoms with E-state index in [-0.39, 0.29) is 23.4 Å². The molecule has 140 valence electrons. The average Bonchev–Trinajstić information content (AvgIpc) is 2.98. The first-order chi connectivity index (χ1) is 12.3. The maximum absolute atomic E-state index is 12.6. The number of pyridine rings is 1. The van der Waals surface area contributed by atoms with Crippen molar-refractivity contribution in [3.63, 3.8) is 0 Å². The van der Waals surface area contributed by atoms with Crippen molar-refractivity contribution < 1.29 is 18.3 Å². The maximum Gasteiger partial charge on any atom is 0.255 e. The zero-order chi connectivity index (χ0) is 18.2. The summed E-state index contributed by atoms with van der Waals surface area (Å²) < 4.78 is 39.4. The van der Waals surface area contributed by atoms with Crippen molar-refractivity contribution in [2.75, 3.05) is 11.9 Å². The molecular weight excluding hydrogens is 366 g/mol. The fourth-order valence-electron chi connectivity index (χ4n) is 4.54.